The molecule has 2 N–H and O–H groups in total. The molecular formula is C12H14BrN3. The minimum Gasteiger partial charge on any atom is -0.330 e. The summed E-state index contributed by atoms with van der Waals surface area (Å²) < 4.78 is 3.00. The highest BCUT2D eigenvalue weighted by atomic mass is 79.9. The summed E-state index contributed by atoms with van der Waals surface area (Å²) in [7, 11) is 0. The Morgan fingerprint density at radius 2 is 2.25 bits per heavy atom. The fourth-order valence-electron chi connectivity index (χ4n) is 1.57. The molecule has 0 saturated heterocycles. The Morgan fingerprint density at radius 3 is 2.94 bits per heavy atom. The molecule has 0 bridgehead atoms. The SMILES string of the molecule is Cc1cc(-n2cc(CCN)cn2)ccc1Br. The van der Waals surface area contributed by atoms with E-state index < -0.39 is 0 Å². The highest BCUT2D eigenvalue weighted by molar-refractivity contribution is 9.10. The largest absolute Gasteiger partial charge is 0.330 e. The number of benzene rings is 1. The van der Waals surface area contributed by atoms with Gasteiger partial charge in [0.05, 0.1) is 11.9 Å². The Kier molecular flexibility index (Phi) is 3.41. The smallest absolute Gasteiger partial charge is 0.0649 e. The maximum atomic E-state index is 5.51. The molecule has 4 heteroatoms. The number of halogens is 1. The topological polar surface area (TPSA) is 43.8 Å². The molecule has 0 amide bonds. The van der Waals surface area contributed by atoms with E-state index in [2.05, 4.69) is 34.0 Å². The molecule has 1 heterocycles. The lowest BCUT2D eigenvalue weighted by Gasteiger charge is -2.03. The van der Waals surface area contributed by atoms with Gasteiger partial charge < -0.3 is 5.73 Å². The van der Waals surface area contributed by atoms with Crippen molar-refractivity contribution in [1.29, 1.82) is 0 Å². The number of hydrogen-bond donors (Lipinski definition) is 1. The van der Waals surface area contributed by atoms with Crippen LogP contribution in [0.2, 0.25) is 0 Å². The van der Waals surface area contributed by atoms with Crippen LogP contribution >= 0.6 is 15.9 Å². The van der Waals surface area contributed by atoms with Gasteiger partial charge in [0, 0.05) is 10.7 Å². The van der Waals surface area contributed by atoms with Gasteiger partial charge in [0.2, 0.25) is 0 Å². The molecule has 0 atom stereocenters. The summed E-state index contributed by atoms with van der Waals surface area (Å²) in [6.07, 6.45) is 4.76. The Labute approximate surface area is 103 Å². The number of nitrogens with zero attached hydrogens (tertiary/aromatic N) is 2. The average Bonchev–Trinajstić information content (AvgIpc) is 2.71. The van der Waals surface area contributed by atoms with Gasteiger partial charge in [-0.15, -0.1) is 0 Å². The average molecular weight is 280 g/mol. The third kappa shape index (κ3) is 2.33. The highest BCUT2D eigenvalue weighted by Gasteiger charge is 2.02. The zero-order valence-corrected chi connectivity index (χ0v) is 10.7. The van der Waals surface area contributed by atoms with Gasteiger partial charge in [-0.2, -0.15) is 5.10 Å². The Hall–Kier alpha value is -1.13. The van der Waals surface area contributed by atoms with E-state index in [0.29, 0.717) is 6.54 Å². The van der Waals surface area contributed by atoms with E-state index in [-0.39, 0.29) is 0 Å². The van der Waals surface area contributed by atoms with Crippen molar-refractivity contribution >= 4 is 15.9 Å². The van der Waals surface area contributed by atoms with Crippen LogP contribution in [0.4, 0.5) is 0 Å². The second-order valence-electron chi connectivity index (χ2n) is 3.77. The van der Waals surface area contributed by atoms with Crippen LogP contribution in [0.5, 0.6) is 0 Å². The molecule has 0 saturated carbocycles. The molecular weight excluding hydrogens is 266 g/mol. The second-order valence-corrected chi connectivity index (χ2v) is 4.62. The molecule has 16 heavy (non-hydrogen) atoms. The van der Waals surface area contributed by atoms with Gasteiger partial charge in [0.15, 0.2) is 0 Å². The Morgan fingerprint density at radius 1 is 1.44 bits per heavy atom. The van der Waals surface area contributed by atoms with E-state index in [9.17, 15) is 0 Å². The van der Waals surface area contributed by atoms with Crippen molar-refractivity contribution in [2.75, 3.05) is 6.54 Å². The number of aromatic nitrogens is 2. The summed E-state index contributed by atoms with van der Waals surface area (Å²) in [5.74, 6) is 0. The molecule has 0 aliphatic rings. The number of rotatable bonds is 3. The van der Waals surface area contributed by atoms with E-state index in [1.807, 2.05) is 29.2 Å². The first kappa shape index (κ1) is 11.4. The maximum absolute atomic E-state index is 5.51. The lowest BCUT2D eigenvalue weighted by atomic mass is 10.2. The lowest BCUT2D eigenvalue weighted by molar-refractivity contribution is 0.877. The van der Waals surface area contributed by atoms with Crippen molar-refractivity contribution in [2.24, 2.45) is 5.73 Å². The van der Waals surface area contributed by atoms with Crippen molar-refractivity contribution < 1.29 is 0 Å². The van der Waals surface area contributed by atoms with Crippen LogP contribution in [0.3, 0.4) is 0 Å². The molecule has 1 aromatic heterocycles. The summed E-state index contributed by atoms with van der Waals surface area (Å²) >= 11 is 3.49. The molecule has 0 spiro atoms. The van der Waals surface area contributed by atoms with Crippen LogP contribution in [-0.2, 0) is 6.42 Å². The van der Waals surface area contributed by atoms with E-state index >= 15 is 0 Å². The normalized spacial score (nSPS) is 10.7. The molecule has 0 aliphatic heterocycles. The van der Waals surface area contributed by atoms with Gasteiger partial charge in [-0.05, 0) is 49.2 Å². The Bertz CT molecular complexity index is 491. The molecule has 0 aliphatic carbocycles. The first-order valence-electron chi connectivity index (χ1n) is 5.21. The first-order valence-corrected chi connectivity index (χ1v) is 6.00. The predicted molar refractivity (Wildman–Crippen MR) is 68.8 cm³/mol. The van der Waals surface area contributed by atoms with Gasteiger partial charge in [0.25, 0.3) is 0 Å². The number of hydrogen-bond acceptors (Lipinski definition) is 2. The van der Waals surface area contributed by atoms with Crippen molar-refractivity contribution in [2.45, 2.75) is 13.3 Å². The van der Waals surface area contributed by atoms with Gasteiger partial charge in [-0.25, -0.2) is 4.68 Å². The fourth-order valence-corrected chi connectivity index (χ4v) is 1.82. The summed E-state index contributed by atoms with van der Waals surface area (Å²) in [5.41, 5.74) is 8.95. The van der Waals surface area contributed by atoms with Gasteiger partial charge in [-0.1, -0.05) is 15.9 Å². The van der Waals surface area contributed by atoms with E-state index in [1.54, 1.807) is 0 Å². The fraction of sp³-hybridized carbons (Fsp3) is 0.250. The van der Waals surface area contributed by atoms with Crippen LogP contribution in [-0.4, -0.2) is 16.3 Å². The highest BCUT2D eigenvalue weighted by Crippen LogP contribution is 2.19. The van der Waals surface area contributed by atoms with Gasteiger partial charge >= 0.3 is 0 Å². The summed E-state index contributed by atoms with van der Waals surface area (Å²) in [4.78, 5) is 0. The van der Waals surface area contributed by atoms with E-state index in [1.165, 1.54) is 11.1 Å². The molecule has 1 aromatic carbocycles. The minimum atomic E-state index is 0.658. The quantitative estimate of drug-likeness (QED) is 0.938. The summed E-state index contributed by atoms with van der Waals surface area (Å²) in [5, 5.41) is 4.32. The molecule has 3 nitrogen and oxygen atoms in total. The van der Waals surface area contributed by atoms with Crippen LogP contribution in [0.25, 0.3) is 5.69 Å². The van der Waals surface area contributed by atoms with Crippen LogP contribution in [0.15, 0.2) is 35.1 Å². The van der Waals surface area contributed by atoms with Crippen molar-refractivity contribution in [3.8, 4) is 5.69 Å². The van der Waals surface area contributed by atoms with Crippen molar-refractivity contribution in [1.82, 2.24) is 9.78 Å². The number of aryl methyl sites for hydroxylation is 1. The third-order valence-corrected chi connectivity index (χ3v) is 3.36. The third-order valence-electron chi connectivity index (χ3n) is 2.48. The molecule has 2 aromatic rings. The van der Waals surface area contributed by atoms with Crippen LogP contribution < -0.4 is 5.73 Å². The van der Waals surface area contributed by atoms with Crippen molar-refractivity contribution in [3.63, 3.8) is 0 Å². The molecule has 84 valence electrons. The van der Waals surface area contributed by atoms with Crippen molar-refractivity contribution in [3.05, 3.63) is 46.2 Å². The zero-order chi connectivity index (χ0) is 11.5. The second kappa shape index (κ2) is 4.80. The predicted octanol–water partition coefficient (Wildman–Crippen LogP) is 2.44. The summed E-state index contributed by atoms with van der Waals surface area (Å²) in [6, 6.07) is 6.18. The van der Waals surface area contributed by atoms with E-state index in [4.69, 9.17) is 5.73 Å². The number of nitrogens with two attached hydrogens (primary N) is 1. The molecule has 0 fully saturated rings. The van der Waals surface area contributed by atoms with Crippen LogP contribution in [0.1, 0.15) is 11.1 Å². The van der Waals surface area contributed by atoms with Gasteiger partial charge in [0.1, 0.15) is 0 Å². The molecule has 0 unspecified atom stereocenters. The van der Waals surface area contributed by atoms with Crippen LogP contribution in [0, 0.1) is 6.92 Å². The first-order chi connectivity index (χ1) is 7.70. The zero-order valence-electron chi connectivity index (χ0n) is 9.15. The molecule has 0 radical (unpaired) electrons. The standard InChI is InChI=1S/C12H14BrN3/c1-9-6-11(2-3-12(9)13)16-8-10(4-5-14)7-15-16/h2-3,6-8H,4-5,14H2,1H3. The van der Waals surface area contributed by atoms with E-state index in [0.717, 1.165) is 16.6 Å². The molecule has 2 rings (SSSR count). The lowest BCUT2D eigenvalue weighted by Crippen LogP contribution is -2.01. The maximum Gasteiger partial charge on any atom is 0.0649 e. The monoisotopic (exact) mass is 279 g/mol. The Balaban J connectivity index is 2.31. The summed E-state index contributed by atoms with van der Waals surface area (Å²) in [6.45, 7) is 2.73. The minimum absolute atomic E-state index is 0.658. The van der Waals surface area contributed by atoms with Gasteiger partial charge in [-0.3, -0.25) is 0 Å².